The number of hydrogen-bond donors (Lipinski definition) is 1. The van der Waals surface area contributed by atoms with E-state index in [-0.39, 0.29) is 11.4 Å². The average Bonchev–Trinajstić information content (AvgIpc) is 3.07. The van der Waals surface area contributed by atoms with E-state index in [1.165, 1.54) is 10.7 Å². The van der Waals surface area contributed by atoms with Gasteiger partial charge in [-0.15, -0.1) is 11.3 Å². The SMILES string of the molecule is CC(C)(C)c1nc(CN2CCC[C@@H](N3CCNC3=O)C2)cs1. The van der Waals surface area contributed by atoms with Gasteiger partial charge in [0, 0.05) is 43.0 Å². The number of carbonyl (C=O) groups is 1. The minimum Gasteiger partial charge on any atom is -0.336 e. The van der Waals surface area contributed by atoms with Crippen LogP contribution >= 0.6 is 11.3 Å². The summed E-state index contributed by atoms with van der Waals surface area (Å²) in [4.78, 5) is 21.1. The summed E-state index contributed by atoms with van der Waals surface area (Å²) < 4.78 is 0. The molecule has 0 bridgehead atoms. The number of carbonyl (C=O) groups excluding carboxylic acids is 1. The number of amides is 2. The molecule has 2 aliphatic rings. The molecule has 0 spiro atoms. The molecule has 1 N–H and O–H groups in total. The van der Waals surface area contributed by atoms with Crippen LogP contribution in [-0.2, 0) is 12.0 Å². The smallest absolute Gasteiger partial charge is 0.317 e. The molecule has 0 saturated carbocycles. The number of piperidine rings is 1. The van der Waals surface area contributed by atoms with Gasteiger partial charge in [0.05, 0.1) is 10.7 Å². The van der Waals surface area contributed by atoms with Crippen LogP contribution in [0.25, 0.3) is 0 Å². The van der Waals surface area contributed by atoms with Gasteiger partial charge in [-0.25, -0.2) is 9.78 Å². The number of hydrogen-bond acceptors (Lipinski definition) is 4. The van der Waals surface area contributed by atoms with Gasteiger partial charge < -0.3 is 10.2 Å². The first-order valence-electron chi connectivity index (χ1n) is 8.15. The number of nitrogens with zero attached hydrogens (tertiary/aromatic N) is 3. The van der Waals surface area contributed by atoms with Gasteiger partial charge in [0.15, 0.2) is 0 Å². The highest BCUT2D eigenvalue weighted by Gasteiger charge is 2.31. The van der Waals surface area contributed by atoms with Crippen molar-refractivity contribution in [3.63, 3.8) is 0 Å². The van der Waals surface area contributed by atoms with Crippen LogP contribution in [0.15, 0.2) is 5.38 Å². The molecule has 0 radical (unpaired) electrons. The molecule has 122 valence electrons. The van der Waals surface area contributed by atoms with Crippen molar-refractivity contribution in [1.29, 1.82) is 0 Å². The van der Waals surface area contributed by atoms with Gasteiger partial charge in [-0.05, 0) is 19.4 Å². The van der Waals surface area contributed by atoms with Crippen molar-refractivity contribution in [3.05, 3.63) is 16.1 Å². The summed E-state index contributed by atoms with van der Waals surface area (Å²) in [5.41, 5.74) is 1.29. The van der Waals surface area contributed by atoms with E-state index in [1.807, 2.05) is 4.90 Å². The monoisotopic (exact) mass is 322 g/mol. The molecule has 3 rings (SSSR count). The summed E-state index contributed by atoms with van der Waals surface area (Å²) in [6.07, 6.45) is 2.28. The molecule has 22 heavy (non-hydrogen) atoms. The van der Waals surface area contributed by atoms with Crippen LogP contribution in [-0.4, -0.2) is 53.0 Å². The van der Waals surface area contributed by atoms with E-state index in [4.69, 9.17) is 4.98 Å². The highest BCUT2D eigenvalue weighted by Crippen LogP contribution is 2.26. The summed E-state index contributed by atoms with van der Waals surface area (Å²) in [5, 5.41) is 6.30. The molecular weight excluding hydrogens is 296 g/mol. The zero-order valence-corrected chi connectivity index (χ0v) is 14.6. The van der Waals surface area contributed by atoms with Crippen LogP contribution in [0.5, 0.6) is 0 Å². The zero-order chi connectivity index (χ0) is 15.7. The summed E-state index contributed by atoms with van der Waals surface area (Å²) >= 11 is 1.76. The van der Waals surface area contributed by atoms with Crippen molar-refractivity contribution >= 4 is 17.4 Å². The fourth-order valence-corrected chi connectivity index (χ4v) is 4.12. The Morgan fingerprint density at radius 2 is 2.23 bits per heavy atom. The Bertz CT molecular complexity index is 536. The Kier molecular flexibility index (Phi) is 4.41. The Balaban J connectivity index is 1.60. The lowest BCUT2D eigenvalue weighted by molar-refractivity contribution is 0.121. The lowest BCUT2D eigenvalue weighted by atomic mass is 9.98. The molecule has 1 atom stereocenters. The van der Waals surface area contributed by atoms with Gasteiger partial charge in [0.1, 0.15) is 0 Å². The molecule has 1 aromatic heterocycles. The molecule has 2 saturated heterocycles. The Morgan fingerprint density at radius 3 is 2.86 bits per heavy atom. The molecule has 1 aromatic rings. The Hall–Kier alpha value is -1.14. The van der Waals surface area contributed by atoms with Gasteiger partial charge in [0.2, 0.25) is 0 Å². The van der Waals surface area contributed by atoms with E-state index in [0.29, 0.717) is 6.04 Å². The molecule has 3 heterocycles. The van der Waals surface area contributed by atoms with Gasteiger partial charge >= 0.3 is 6.03 Å². The van der Waals surface area contributed by atoms with Crippen molar-refractivity contribution in [2.45, 2.75) is 51.6 Å². The minimum absolute atomic E-state index is 0.107. The van der Waals surface area contributed by atoms with Crippen molar-refractivity contribution < 1.29 is 4.79 Å². The van der Waals surface area contributed by atoms with Crippen molar-refractivity contribution in [1.82, 2.24) is 20.1 Å². The third-order valence-electron chi connectivity index (χ3n) is 4.39. The molecule has 0 aromatic carbocycles. The zero-order valence-electron chi connectivity index (χ0n) is 13.8. The van der Waals surface area contributed by atoms with Crippen LogP contribution in [0.4, 0.5) is 4.79 Å². The Morgan fingerprint density at radius 1 is 1.41 bits per heavy atom. The predicted octanol–water partition coefficient (Wildman–Crippen LogP) is 2.43. The van der Waals surface area contributed by atoms with Gasteiger partial charge in [-0.3, -0.25) is 4.90 Å². The second kappa shape index (κ2) is 6.16. The largest absolute Gasteiger partial charge is 0.336 e. The van der Waals surface area contributed by atoms with Gasteiger partial charge in [0.25, 0.3) is 0 Å². The highest BCUT2D eigenvalue weighted by molar-refractivity contribution is 7.09. The molecule has 2 aliphatic heterocycles. The number of rotatable bonds is 3. The van der Waals surface area contributed by atoms with Crippen LogP contribution in [0.2, 0.25) is 0 Å². The number of likely N-dealkylation sites (tertiary alicyclic amines) is 1. The van der Waals surface area contributed by atoms with Crippen LogP contribution in [0.1, 0.15) is 44.3 Å². The maximum Gasteiger partial charge on any atom is 0.317 e. The van der Waals surface area contributed by atoms with Crippen LogP contribution in [0, 0.1) is 0 Å². The van der Waals surface area contributed by atoms with Crippen molar-refractivity contribution in [2.24, 2.45) is 0 Å². The third-order valence-corrected chi connectivity index (χ3v) is 5.71. The van der Waals surface area contributed by atoms with E-state index in [1.54, 1.807) is 11.3 Å². The predicted molar refractivity (Wildman–Crippen MR) is 89.2 cm³/mol. The number of aromatic nitrogens is 1. The summed E-state index contributed by atoms with van der Waals surface area (Å²) in [6, 6.07) is 0.465. The molecule has 0 unspecified atom stereocenters. The molecule has 2 fully saturated rings. The standard InChI is InChI=1S/C16H26N4OS/c1-16(2,3)14-18-12(11-22-14)9-19-7-4-5-13(10-19)20-8-6-17-15(20)21/h11,13H,4-10H2,1-3H3,(H,17,21)/t13-/m1/s1. The molecular formula is C16H26N4OS. The fraction of sp³-hybridized carbons (Fsp3) is 0.750. The number of urea groups is 1. The second-order valence-electron chi connectivity index (χ2n) is 7.35. The molecule has 0 aliphatic carbocycles. The fourth-order valence-electron chi connectivity index (χ4n) is 3.22. The van der Waals surface area contributed by atoms with Gasteiger partial charge in [-0.1, -0.05) is 20.8 Å². The van der Waals surface area contributed by atoms with E-state index < -0.39 is 0 Å². The second-order valence-corrected chi connectivity index (χ2v) is 8.21. The summed E-state index contributed by atoms with van der Waals surface area (Å²) in [5.74, 6) is 0. The minimum atomic E-state index is 0.107. The Labute approximate surface area is 136 Å². The lowest BCUT2D eigenvalue weighted by Crippen LogP contribution is -2.48. The maximum absolute atomic E-state index is 11.8. The quantitative estimate of drug-likeness (QED) is 0.930. The molecule has 5 nitrogen and oxygen atoms in total. The summed E-state index contributed by atoms with van der Waals surface area (Å²) in [7, 11) is 0. The van der Waals surface area contributed by atoms with E-state index in [0.717, 1.165) is 45.6 Å². The normalized spacial score (nSPS) is 23.9. The average molecular weight is 322 g/mol. The first-order chi connectivity index (χ1) is 10.4. The number of thiazole rings is 1. The van der Waals surface area contributed by atoms with Crippen LogP contribution in [0.3, 0.4) is 0 Å². The first kappa shape index (κ1) is 15.7. The number of nitrogens with one attached hydrogen (secondary N) is 1. The topological polar surface area (TPSA) is 48.5 Å². The first-order valence-corrected chi connectivity index (χ1v) is 9.03. The lowest BCUT2D eigenvalue weighted by Gasteiger charge is -2.36. The highest BCUT2D eigenvalue weighted by atomic mass is 32.1. The van der Waals surface area contributed by atoms with E-state index in [2.05, 4.69) is 36.4 Å². The maximum atomic E-state index is 11.8. The third kappa shape index (κ3) is 3.43. The van der Waals surface area contributed by atoms with Crippen molar-refractivity contribution in [3.8, 4) is 0 Å². The molecule has 2 amide bonds. The van der Waals surface area contributed by atoms with E-state index in [9.17, 15) is 4.79 Å². The summed E-state index contributed by atoms with van der Waals surface area (Å²) in [6.45, 7) is 11.2. The van der Waals surface area contributed by atoms with Crippen LogP contribution < -0.4 is 5.32 Å². The molecule has 6 heteroatoms. The van der Waals surface area contributed by atoms with E-state index >= 15 is 0 Å². The van der Waals surface area contributed by atoms with Gasteiger partial charge in [-0.2, -0.15) is 0 Å². The van der Waals surface area contributed by atoms with Crippen molar-refractivity contribution in [2.75, 3.05) is 26.2 Å².